The van der Waals surface area contributed by atoms with Gasteiger partial charge in [-0.05, 0) is 43.2 Å². The topological polar surface area (TPSA) is 79.4 Å². The van der Waals surface area contributed by atoms with Gasteiger partial charge in [0.25, 0.3) is 0 Å². The number of sulfonamides is 1. The quantitative estimate of drug-likeness (QED) is 0.819. The molecule has 0 unspecified atom stereocenters. The SMILES string of the molecule is CCc1ccc(N([C@H](C)C(=O)NCc2ccccn2)S(C)(=O)=O)cc1. The van der Waals surface area contributed by atoms with E-state index in [2.05, 4.69) is 10.3 Å². The summed E-state index contributed by atoms with van der Waals surface area (Å²) < 4.78 is 25.6. The molecule has 1 aromatic carbocycles. The van der Waals surface area contributed by atoms with E-state index in [9.17, 15) is 13.2 Å². The minimum Gasteiger partial charge on any atom is -0.349 e. The van der Waals surface area contributed by atoms with Crippen molar-refractivity contribution in [3.05, 3.63) is 59.9 Å². The number of amides is 1. The van der Waals surface area contributed by atoms with E-state index >= 15 is 0 Å². The summed E-state index contributed by atoms with van der Waals surface area (Å²) in [6, 6.07) is 11.7. The number of aromatic nitrogens is 1. The molecule has 25 heavy (non-hydrogen) atoms. The highest BCUT2D eigenvalue weighted by atomic mass is 32.2. The van der Waals surface area contributed by atoms with Crippen molar-refractivity contribution >= 4 is 21.6 Å². The molecule has 0 saturated carbocycles. The highest BCUT2D eigenvalue weighted by Crippen LogP contribution is 2.21. The van der Waals surface area contributed by atoms with Crippen LogP contribution < -0.4 is 9.62 Å². The van der Waals surface area contributed by atoms with Gasteiger partial charge in [-0.25, -0.2) is 8.42 Å². The minimum atomic E-state index is -3.61. The molecule has 6 nitrogen and oxygen atoms in total. The van der Waals surface area contributed by atoms with Gasteiger partial charge < -0.3 is 5.32 Å². The summed E-state index contributed by atoms with van der Waals surface area (Å²) in [7, 11) is -3.61. The van der Waals surface area contributed by atoms with E-state index < -0.39 is 16.1 Å². The Kier molecular flexibility index (Phi) is 6.14. The maximum absolute atomic E-state index is 12.5. The van der Waals surface area contributed by atoms with E-state index in [4.69, 9.17) is 0 Å². The number of nitrogens with zero attached hydrogens (tertiary/aromatic N) is 2. The fraction of sp³-hybridized carbons (Fsp3) is 0.333. The van der Waals surface area contributed by atoms with Crippen molar-refractivity contribution in [2.75, 3.05) is 10.6 Å². The Hall–Kier alpha value is -2.41. The molecule has 0 fully saturated rings. The number of pyridine rings is 1. The summed E-state index contributed by atoms with van der Waals surface area (Å²) in [5.74, 6) is -0.379. The molecular weight excluding hydrogens is 338 g/mol. The maximum Gasteiger partial charge on any atom is 0.243 e. The molecule has 0 aliphatic rings. The van der Waals surface area contributed by atoms with Gasteiger partial charge >= 0.3 is 0 Å². The van der Waals surface area contributed by atoms with Gasteiger partial charge in [-0.15, -0.1) is 0 Å². The molecule has 0 saturated heterocycles. The number of rotatable bonds is 7. The first kappa shape index (κ1) is 18.9. The van der Waals surface area contributed by atoms with Gasteiger partial charge in [0.2, 0.25) is 15.9 Å². The molecule has 1 heterocycles. The van der Waals surface area contributed by atoms with E-state index in [1.807, 2.05) is 25.1 Å². The van der Waals surface area contributed by atoms with Crippen molar-refractivity contribution < 1.29 is 13.2 Å². The van der Waals surface area contributed by atoms with Gasteiger partial charge in [-0.2, -0.15) is 0 Å². The number of hydrogen-bond acceptors (Lipinski definition) is 4. The molecule has 2 rings (SSSR count). The Bertz CT molecular complexity index is 805. The zero-order valence-electron chi connectivity index (χ0n) is 14.6. The lowest BCUT2D eigenvalue weighted by molar-refractivity contribution is -0.122. The molecule has 1 N–H and O–H groups in total. The largest absolute Gasteiger partial charge is 0.349 e. The average molecular weight is 361 g/mol. The number of aryl methyl sites for hydroxylation is 1. The van der Waals surface area contributed by atoms with E-state index in [0.717, 1.165) is 22.5 Å². The van der Waals surface area contributed by atoms with E-state index in [1.165, 1.54) is 0 Å². The van der Waals surface area contributed by atoms with Crippen molar-refractivity contribution in [2.45, 2.75) is 32.9 Å². The van der Waals surface area contributed by atoms with Gasteiger partial charge in [0.05, 0.1) is 24.2 Å². The molecule has 1 atom stereocenters. The Morgan fingerprint density at radius 1 is 1.20 bits per heavy atom. The number of carbonyl (C=O) groups is 1. The lowest BCUT2D eigenvalue weighted by Gasteiger charge is -2.28. The van der Waals surface area contributed by atoms with E-state index in [-0.39, 0.29) is 12.5 Å². The molecule has 134 valence electrons. The molecule has 1 amide bonds. The van der Waals surface area contributed by atoms with Crippen molar-refractivity contribution in [3.8, 4) is 0 Å². The van der Waals surface area contributed by atoms with Gasteiger partial charge in [0.15, 0.2) is 0 Å². The summed E-state index contributed by atoms with van der Waals surface area (Å²) >= 11 is 0. The molecule has 1 aromatic heterocycles. The average Bonchev–Trinajstić information content (AvgIpc) is 2.60. The maximum atomic E-state index is 12.5. The summed E-state index contributed by atoms with van der Waals surface area (Å²) in [6.45, 7) is 3.84. The van der Waals surface area contributed by atoms with Crippen LogP contribution in [0, 0.1) is 0 Å². The molecular formula is C18H23N3O3S. The van der Waals surface area contributed by atoms with E-state index in [0.29, 0.717) is 11.4 Å². The monoisotopic (exact) mass is 361 g/mol. The van der Waals surface area contributed by atoms with Crippen LogP contribution in [0.2, 0.25) is 0 Å². The highest BCUT2D eigenvalue weighted by Gasteiger charge is 2.28. The molecule has 0 bridgehead atoms. The van der Waals surface area contributed by atoms with Crippen LogP contribution in [-0.2, 0) is 27.8 Å². The molecule has 7 heteroatoms. The Balaban J connectivity index is 2.17. The zero-order valence-corrected chi connectivity index (χ0v) is 15.5. The molecule has 0 radical (unpaired) electrons. The summed E-state index contributed by atoms with van der Waals surface area (Å²) in [5.41, 5.74) is 2.28. The first-order valence-electron chi connectivity index (χ1n) is 8.09. The third-order valence-electron chi connectivity index (χ3n) is 3.86. The third-order valence-corrected chi connectivity index (χ3v) is 5.10. The smallest absolute Gasteiger partial charge is 0.243 e. The predicted molar refractivity (Wildman–Crippen MR) is 98.7 cm³/mol. The lowest BCUT2D eigenvalue weighted by Crippen LogP contribution is -2.47. The van der Waals surface area contributed by atoms with Crippen molar-refractivity contribution in [3.63, 3.8) is 0 Å². The standard InChI is InChI=1S/C18H23N3O3S/c1-4-15-8-10-17(11-9-15)21(25(3,23)24)14(2)18(22)20-13-16-7-5-6-12-19-16/h5-12,14H,4,13H2,1-3H3,(H,20,22)/t14-/m1/s1. The van der Waals surface area contributed by atoms with Crippen LogP contribution in [0.5, 0.6) is 0 Å². The van der Waals surface area contributed by atoms with Crippen LogP contribution in [0.3, 0.4) is 0 Å². The van der Waals surface area contributed by atoms with Crippen LogP contribution in [-0.4, -0.2) is 31.6 Å². The predicted octanol–water partition coefficient (Wildman–Crippen LogP) is 2.11. The van der Waals surface area contributed by atoms with Crippen LogP contribution in [0.1, 0.15) is 25.1 Å². The van der Waals surface area contributed by atoms with E-state index in [1.54, 1.807) is 37.4 Å². The van der Waals surface area contributed by atoms with Crippen LogP contribution >= 0.6 is 0 Å². The molecule has 2 aromatic rings. The Labute approximate surface area is 148 Å². The highest BCUT2D eigenvalue weighted by molar-refractivity contribution is 7.92. The molecule has 0 aliphatic carbocycles. The fourth-order valence-corrected chi connectivity index (χ4v) is 3.69. The summed E-state index contributed by atoms with van der Waals surface area (Å²) in [6.07, 6.45) is 3.60. The second kappa shape index (κ2) is 8.11. The minimum absolute atomic E-state index is 0.246. The molecule has 0 spiro atoms. The zero-order chi connectivity index (χ0) is 18.4. The van der Waals surface area contributed by atoms with Crippen molar-refractivity contribution in [1.82, 2.24) is 10.3 Å². The number of nitrogens with one attached hydrogen (secondary N) is 1. The van der Waals surface area contributed by atoms with Crippen molar-refractivity contribution in [2.24, 2.45) is 0 Å². The van der Waals surface area contributed by atoms with Gasteiger partial charge in [0, 0.05) is 6.20 Å². The van der Waals surface area contributed by atoms with Crippen LogP contribution in [0.15, 0.2) is 48.7 Å². The van der Waals surface area contributed by atoms with Gasteiger partial charge in [0.1, 0.15) is 6.04 Å². The van der Waals surface area contributed by atoms with Gasteiger partial charge in [-0.3, -0.25) is 14.1 Å². The first-order valence-corrected chi connectivity index (χ1v) is 9.93. The number of hydrogen-bond donors (Lipinski definition) is 1. The number of benzene rings is 1. The Morgan fingerprint density at radius 3 is 2.40 bits per heavy atom. The second-order valence-corrected chi connectivity index (χ2v) is 7.65. The number of carbonyl (C=O) groups excluding carboxylic acids is 1. The summed E-state index contributed by atoms with van der Waals surface area (Å²) in [4.78, 5) is 16.6. The second-order valence-electron chi connectivity index (χ2n) is 5.79. The van der Waals surface area contributed by atoms with Crippen LogP contribution in [0.25, 0.3) is 0 Å². The number of anilines is 1. The first-order chi connectivity index (χ1) is 11.8. The lowest BCUT2D eigenvalue weighted by atomic mass is 10.1. The van der Waals surface area contributed by atoms with Gasteiger partial charge in [-0.1, -0.05) is 25.1 Å². The summed E-state index contributed by atoms with van der Waals surface area (Å²) in [5, 5.41) is 2.74. The van der Waals surface area contributed by atoms with Crippen molar-refractivity contribution in [1.29, 1.82) is 0 Å². The third kappa shape index (κ3) is 5.03. The fourth-order valence-electron chi connectivity index (χ4n) is 2.52. The van der Waals surface area contributed by atoms with Crippen LogP contribution in [0.4, 0.5) is 5.69 Å². The molecule has 0 aliphatic heterocycles. The Morgan fingerprint density at radius 2 is 1.88 bits per heavy atom. The normalized spacial score (nSPS) is 12.4.